The molecular formula is C10H20Au2N2S4. The quantitative estimate of drug-likeness (QED) is 0.252. The van der Waals surface area contributed by atoms with E-state index in [1.165, 1.54) is 0 Å². The molecule has 0 aromatic rings. The molecule has 0 unspecified atom stereocenters. The molecule has 0 spiro atoms. The van der Waals surface area contributed by atoms with Crippen LogP contribution >= 0.6 is 24.4 Å². The van der Waals surface area contributed by atoms with Gasteiger partial charge in [-0.1, -0.05) is 8.64 Å². The molecule has 2 nitrogen and oxygen atoms in total. The van der Waals surface area contributed by atoms with E-state index in [4.69, 9.17) is 49.7 Å². The maximum atomic E-state index is 4.76. The molecule has 0 aromatic heterocycles. The van der Waals surface area contributed by atoms with Gasteiger partial charge in [-0.2, -0.15) is 0 Å². The second-order valence-electron chi connectivity index (χ2n) is 2.88. The predicted molar refractivity (Wildman–Crippen MR) is 85.8 cm³/mol. The largest absolute Gasteiger partial charge is 1.00 e. The van der Waals surface area contributed by atoms with Crippen LogP contribution in [0.25, 0.3) is 0 Å². The minimum atomic E-state index is 0. The topological polar surface area (TPSA) is 6.48 Å². The van der Waals surface area contributed by atoms with Crippen LogP contribution in [0.2, 0.25) is 0 Å². The zero-order valence-electron chi connectivity index (χ0n) is 11.0. The van der Waals surface area contributed by atoms with Crippen LogP contribution < -0.4 is 0 Å². The number of thiocarbonyl (C=S) groups is 2. The summed E-state index contributed by atoms with van der Waals surface area (Å²) < 4.78 is 1.16. The van der Waals surface area contributed by atoms with Gasteiger partial charge in [0.25, 0.3) is 0 Å². The van der Waals surface area contributed by atoms with Crippen LogP contribution in [-0.4, -0.2) is 44.6 Å². The summed E-state index contributed by atoms with van der Waals surface area (Å²) in [4.78, 5) is 3.93. The van der Waals surface area contributed by atoms with Crippen LogP contribution in [0.3, 0.4) is 0 Å². The second-order valence-corrected chi connectivity index (χ2v) is 4.94. The Kier molecular flexibility index (Phi) is 29.0. The summed E-state index contributed by atoms with van der Waals surface area (Å²) in [5, 5.41) is 0. The maximum Gasteiger partial charge on any atom is 1.00 e. The van der Waals surface area contributed by atoms with E-state index < -0.39 is 0 Å². The van der Waals surface area contributed by atoms with Crippen molar-refractivity contribution in [3.8, 4) is 0 Å². The molecule has 0 saturated carbocycles. The monoisotopic (exact) mass is 690 g/mol. The van der Waals surface area contributed by atoms with Gasteiger partial charge in [0, 0.05) is 26.2 Å². The Morgan fingerprint density at radius 3 is 0.889 bits per heavy atom. The summed E-state index contributed by atoms with van der Waals surface area (Å²) in [6.07, 6.45) is 0. The zero-order valence-corrected chi connectivity index (χ0v) is 18.6. The van der Waals surface area contributed by atoms with Crippen molar-refractivity contribution in [3.63, 3.8) is 0 Å². The van der Waals surface area contributed by atoms with Gasteiger partial charge in [0.2, 0.25) is 0 Å². The molecule has 0 bridgehead atoms. The van der Waals surface area contributed by atoms with Crippen molar-refractivity contribution in [1.29, 1.82) is 0 Å². The van der Waals surface area contributed by atoms with E-state index >= 15 is 0 Å². The molecule has 8 heteroatoms. The fourth-order valence-corrected chi connectivity index (χ4v) is 2.00. The van der Waals surface area contributed by atoms with Gasteiger partial charge in [0.1, 0.15) is 0 Å². The molecule has 0 saturated heterocycles. The molecular weight excluding hydrogens is 670 g/mol. The Labute approximate surface area is 165 Å². The van der Waals surface area contributed by atoms with Crippen LogP contribution in [-0.2, 0) is 70.0 Å². The predicted octanol–water partition coefficient (Wildman–Crippen LogP) is 2.32. The molecule has 116 valence electrons. The number of rotatable bonds is 4. The zero-order chi connectivity index (χ0) is 13.1. The van der Waals surface area contributed by atoms with Crippen molar-refractivity contribution in [2.24, 2.45) is 0 Å². The molecule has 0 aliphatic heterocycles. The Morgan fingerprint density at radius 1 is 0.722 bits per heavy atom. The third-order valence-electron chi connectivity index (χ3n) is 2.04. The Bertz CT molecular complexity index is 188. The van der Waals surface area contributed by atoms with Crippen molar-refractivity contribution in [3.05, 3.63) is 0 Å². The first-order chi connectivity index (χ1) is 7.44. The van der Waals surface area contributed by atoms with Crippen LogP contribution in [0.15, 0.2) is 0 Å². The number of hydrogen-bond acceptors (Lipinski definition) is 4. The number of hydrogen-bond donors (Lipinski definition) is 0. The van der Waals surface area contributed by atoms with Gasteiger partial charge in [-0.25, -0.2) is 0 Å². The fraction of sp³-hybridized carbons (Fsp3) is 0.800. The van der Waals surface area contributed by atoms with E-state index in [9.17, 15) is 0 Å². The molecule has 0 amide bonds. The van der Waals surface area contributed by atoms with Crippen molar-refractivity contribution < 1.29 is 44.8 Å². The first-order valence-electron chi connectivity index (χ1n) is 5.36. The van der Waals surface area contributed by atoms with E-state index in [-0.39, 0.29) is 44.8 Å². The normalized spacial score (nSPS) is 7.78. The maximum absolute atomic E-state index is 4.76. The summed E-state index contributed by atoms with van der Waals surface area (Å²) in [6.45, 7) is 11.9. The smallest absolute Gasteiger partial charge is 0.411 e. The van der Waals surface area contributed by atoms with E-state index in [1.54, 1.807) is 0 Å². The minimum absolute atomic E-state index is 0. The summed E-state index contributed by atoms with van der Waals surface area (Å²) in [7, 11) is 0. The molecule has 0 fully saturated rings. The summed E-state index contributed by atoms with van der Waals surface area (Å²) in [5.41, 5.74) is 0. The first kappa shape index (κ1) is 27.9. The van der Waals surface area contributed by atoms with Gasteiger partial charge in [-0.05, 0) is 27.7 Å². The van der Waals surface area contributed by atoms with Crippen molar-refractivity contribution in [2.75, 3.05) is 26.2 Å². The van der Waals surface area contributed by atoms with Crippen LogP contribution in [0, 0.1) is 0 Å². The van der Waals surface area contributed by atoms with Crippen LogP contribution in [0.5, 0.6) is 0 Å². The van der Waals surface area contributed by atoms with Crippen LogP contribution in [0.1, 0.15) is 27.7 Å². The standard InChI is InChI=1S/2C5H11NS2.2Au/c2*1-3-6(4-2)5(7)8;;/h2*3-4H2,1-2H3,(H,7,8);;/q;;2*+1/p-2. The molecule has 18 heavy (non-hydrogen) atoms. The number of nitrogens with zero attached hydrogens (tertiary/aromatic N) is 2. The molecule has 0 aliphatic carbocycles. The van der Waals surface area contributed by atoms with Gasteiger partial charge in [-0.15, -0.1) is 0 Å². The van der Waals surface area contributed by atoms with Crippen molar-refractivity contribution in [2.45, 2.75) is 27.7 Å². The molecule has 0 aromatic carbocycles. The van der Waals surface area contributed by atoms with E-state index in [1.807, 2.05) is 37.5 Å². The third-order valence-corrected chi connectivity index (χ3v) is 3.08. The van der Waals surface area contributed by atoms with E-state index in [0.717, 1.165) is 26.2 Å². The Morgan fingerprint density at radius 2 is 0.889 bits per heavy atom. The van der Waals surface area contributed by atoms with Crippen LogP contribution in [0.4, 0.5) is 0 Å². The second kappa shape index (κ2) is 18.7. The average Bonchev–Trinajstić information content (AvgIpc) is 2.21. The van der Waals surface area contributed by atoms with Gasteiger partial charge >= 0.3 is 44.8 Å². The fourth-order valence-electron chi connectivity index (χ4n) is 0.964. The van der Waals surface area contributed by atoms with Gasteiger partial charge in [0.05, 0.1) is 0 Å². The Hall–Kier alpha value is 1.70. The molecule has 0 heterocycles. The summed E-state index contributed by atoms with van der Waals surface area (Å²) >= 11 is 19.0. The summed E-state index contributed by atoms with van der Waals surface area (Å²) in [6, 6.07) is 0. The van der Waals surface area contributed by atoms with Gasteiger partial charge < -0.3 is 59.5 Å². The average molecular weight is 690 g/mol. The third kappa shape index (κ3) is 15.8. The summed E-state index contributed by atoms with van der Waals surface area (Å²) in [5.74, 6) is 0. The van der Waals surface area contributed by atoms with Crippen molar-refractivity contribution >= 4 is 58.3 Å². The van der Waals surface area contributed by atoms with Crippen molar-refractivity contribution in [1.82, 2.24) is 9.80 Å². The Balaban J connectivity index is -0.0000000980. The van der Waals surface area contributed by atoms with Gasteiger partial charge in [-0.3, -0.25) is 0 Å². The SMILES string of the molecule is CCN(CC)C(=S)[S-].CCN(CC)C(=S)[S-].[Au+].[Au+]. The van der Waals surface area contributed by atoms with E-state index in [2.05, 4.69) is 0 Å². The molecule has 0 N–H and O–H groups in total. The molecule has 0 radical (unpaired) electrons. The minimum Gasteiger partial charge on any atom is -0.411 e. The molecule has 0 rings (SSSR count). The van der Waals surface area contributed by atoms with E-state index in [0.29, 0.717) is 8.64 Å². The molecule has 0 atom stereocenters. The van der Waals surface area contributed by atoms with Gasteiger partial charge in [0.15, 0.2) is 0 Å². The first-order valence-corrected chi connectivity index (χ1v) is 6.99. The molecule has 0 aliphatic rings.